The molecule has 0 saturated carbocycles. The van der Waals surface area contributed by atoms with Crippen LogP contribution in [-0.4, -0.2) is 61.2 Å². The minimum Gasteiger partial charge on any atom is -0.479 e. The molecule has 1 aliphatic heterocycles. The van der Waals surface area contributed by atoms with Crippen molar-refractivity contribution in [2.24, 2.45) is 0 Å². The van der Waals surface area contributed by atoms with E-state index in [9.17, 15) is 30.2 Å². The van der Waals surface area contributed by atoms with Crippen molar-refractivity contribution >= 4 is 23.4 Å². The normalized spacial score (nSPS) is 31.7. The SMILES string of the molecule is O=C(O)[C@H]1O[C@@H](Sc2ccc([N+](=O)[O-])cc2)[C@H](O)[C@@H](O)[C@@H]1O. The first-order valence-electron chi connectivity index (χ1n) is 6.15. The molecule has 0 unspecified atom stereocenters. The molecule has 1 saturated heterocycles. The number of non-ortho nitro benzene ring substituents is 1. The molecule has 22 heavy (non-hydrogen) atoms. The monoisotopic (exact) mass is 331 g/mol. The van der Waals surface area contributed by atoms with E-state index in [1.165, 1.54) is 24.3 Å². The second kappa shape index (κ2) is 6.58. The smallest absolute Gasteiger partial charge is 0.335 e. The van der Waals surface area contributed by atoms with Gasteiger partial charge in [0.25, 0.3) is 5.69 Å². The highest BCUT2D eigenvalue weighted by Crippen LogP contribution is 2.34. The summed E-state index contributed by atoms with van der Waals surface area (Å²) in [5.41, 5.74) is -1.26. The summed E-state index contributed by atoms with van der Waals surface area (Å²) in [7, 11) is 0. The molecular formula is C12H13NO8S. The van der Waals surface area contributed by atoms with Gasteiger partial charge in [0.15, 0.2) is 6.10 Å². The van der Waals surface area contributed by atoms with E-state index in [1.807, 2.05) is 0 Å². The van der Waals surface area contributed by atoms with Gasteiger partial charge in [-0.3, -0.25) is 10.1 Å². The van der Waals surface area contributed by atoms with Crippen molar-refractivity contribution in [3.63, 3.8) is 0 Å². The standard InChI is InChI=1S/C12H13NO8S/c14-7-8(15)10(11(17)18)21-12(9(7)16)22-6-3-1-5(2-4-6)13(19)20/h1-4,7-10,12,14-16H,(H,17,18)/t7-,8-,9+,10-,12-/m0/s1. The summed E-state index contributed by atoms with van der Waals surface area (Å²) in [6, 6.07) is 5.31. The number of nitro benzene ring substituents is 1. The molecule has 5 atom stereocenters. The Morgan fingerprint density at radius 1 is 1.14 bits per heavy atom. The number of hydrogen-bond donors (Lipinski definition) is 4. The first-order chi connectivity index (χ1) is 10.3. The summed E-state index contributed by atoms with van der Waals surface area (Å²) in [5, 5.41) is 48.6. The van der Waals surface area contributed by atoms with Gasteiger partial charge in [-0.2, -0.15) is 0 Å². The Morgan fingerprint density at radius 2 is 1.73 bits per heavy atom. The largest absolute Gasteiger partial charge is 0.479 e. The molecule has 1 fully saturated rings. The van der Waals surface area contributed by atoms with E-state index in [-0.39, 0.29) is 5.69 Å². The van der Waals surface area contributed by atoms with Gasteiger partial charge in [0.05, 0.1) is 4.92 Å². The predicted octanol–water partition coefficient (Wildman–Crippen LogP) is -0.421. The van der Waals surface area contributed by atoms with Crippen LogP contribution in [-0.2, 0) is 9.53 Å². The van der Waals surface area contributed by atoms with Crippen molar-refractivity contribution in [2.75, 3.05) is 0 Å². The van der Waals surface area contributed by atoms with Crippen molar-refractivity contribution in [1.29, 1.82) is 0 Å². The third kappa shape index (κ3) is 3.36. The van der Waals surface area contributed by atoms with Crippen LogP contribution < -0.4 is 0 Å². The Hall–Kier alpha value is -1.72. The van der Waals surface area contributed by atoms with E-state index in [0.717, 1.165) is 11.8 Å². The molecule has 0 spiro atoms. The molecule has 0 amide bonds. The van der Waals surface area contributed by atoms with Gasteiger partial charge in [-0.15, -0.1) is 0 Å². The van der Waals surface area contributed by atoms with Gasteiger partial charge in [-0.25, -0.2) is 4.79 Å². The van der Waals surface area contributed by atoms with Crippen LogP contribution >= 0.6 is 11.8 Å². The van der Waals surface area contributed by atoms with Crippen LogP contribution in [0.15, 0.2) is 29.2 Å². The quantitative estimate of drug-likeness (QED) is 0.426. The molecule has 1 heterocycles. The van der Waals surface area contributed by atoms with Gasteiger partial charge in [-0.05, 0) is 12.1 Å². The van der Waals surface area contributed by atoms with Crippen LogP contribution in [0.3, 0.4) is 0 Å². The van der Waals surface area contributed by atoms with E-state index in [2.05, 4.69) is 0 Å². The summed E-state index contributed by atoms with van der Waals surface area (Å²) in [6.07, 6.45) is -6.61. The molecule has 10 heteroatoms. The molecule has 1 aromatic carbocycles. The van der Waals surface area contributed by atoms with E-state index >= 15 is 0 Å². The zero-order valence-electron chi connectivity index (χ0n) is 11.0. The number of nitro groups is 1. The molecular weight excluding hydrogens is 318 g/mol. The van der Waals surface area contributed by atoms with Gasteiger partial charge in [0, 0.05) is 17.0 Å². The number of carbonyl (C=O) groups is 1. The zero-order chi connectivity index (χ0) is 16.4. The number of carboxylic acid groups (broad SMARTS) is 1. The maximum atomic E-state index is 11.0. The second-order valence-electron chi connectivity index (χ2n) is 4.60. The maximum absolute atomic E-state index is 11.0. The molecule has 1 aromatic rings. The summed E-state index contributed by atoms with van der Waals surface area (Å²) < 4.78 is 5.09. The van der Waals surface area contributed by atoms with Crippen molar-refractivity contribution in [1.82, 2.24) is 0 Å². The molecule has 2 rings (SSSR count). The molecule has 0 aliphatic carbocycles. The third-order valence-corrected chi connectivity index (χ3v) is 4.28. The molecule has 120 valence electrons. The fraction of sp³-hybridized carbons (Fsp3) is 0.417. The van der Waals surface area contributed by atoms with Gasteiger partial charge < -0.3 is 25.2 Å². The number of thioether (sulfide) groups is 1. The van der Waals surface area contributed by atoms with Crippen LogP contribution in [0.5, 0.6) is 0 Å². The summed E-state index contributed by atoms with van der Waals surface area (Å²) >= 11 is 0.891. The lowest BCUT2D eigenvalue weighted by atomic mass is 10.0. The fourth-order valence-electron chi connectivity index (χ4n) is 1.93. The minimum absolute atomic E-state index is 0.117. The number of benzene rings is 1. The number of carboxylic acids is 1. The molecule has 1 aliphatic rings. The Balaban J connectivity index is 2.13. The second-order valence-corrected chi connectivity index (χ2v) is 5.78. The maximum Gasteiger partial charge on any atom is 0.335 e. The first kappa shape index (κ1) is 16.6. The molecule has 0 radical (unpaired) electrons. The van der Waals surface area contributed by atoms with Gasteiger partial charge in [-0.1, -0.05) is 11.8 Å². The summed E-state index contributed by atoms with van der Waals surface area (Å²) in [5.74, 6) is -1.47. The van der Waals surface area contributed by atoms with Gasteiger partial charge in [0.2, 0.25) is 0 Å². The molecule has 0 aromatic heterocycles. The van der Waals surface area contributed by atoms with Crippen LogP contribution in [0, 0.1) is 10.1 Å². The number of aliphatic hydroxyl groups excluding tert-OH is 3. The highest BCUT2D eigenvalue weighted by molar-refractivity contribution is 7.99. The number of hydrogen-bond acceptors (Lipinski definition) is 8. The van der Waals surface area contributed by atoms with E-state index < -0.39 is 40.7 Å². The lowest BCUT2D eigenvalue weighted by Crippen LogP contribution is -2.58. The first-order valence-corrected chi connectivity index (χ1v) is 7.03. The Labute approximate surface area is 128 Å². The lowest BCUT2D eigenvalue weighted by molar-refractivity contribution is -0.384. The number of aliphatic hydroxyl groups is 3. The number of ether oxygens (including phenoxy) is 1. The van der Waals surface area contributed by atoms with E-state index in [1.54, 1.807) is 0 Å². The predicted molar refractivity (Wildman–Crippen MR) is 73.3 cm³/mol. The fourth-order valence-corrected chi connectivity index (χ4v) is 2.97. The summed E-state index contributed by atoms with van der Waals surface area (Å²) in [6.45, 7) is 0. The van der Waals surface area contributed by atoms with Gasteiger partial charge in [0.1, 0.15) is 23.7 Å². The van der Waals surface area contributed by atoms with Crippen molar-refractivity contribution < 1.29 is 34.9 Å². The number of rotatable bonds is 4. The Bertz CT molecular complexity index is 565. The minimum atomic E-state index is -1.75. The van der Waals surface area contributed by atoms with Crippen LogP contribution in [0.25, 0.3) is 0 Å². The third-order valence-electron chi connectivity index (χ3n) is 3.11. The molecule has 4 N–H and O–H groups in total. The average Bonchev–Trinajstić information content (AvgIpc) is 2.48. The Morgan fingerprint density at radius 3 is 2.23 bits per heavy atom. The Kier molecular flexibility index (Phi) is 4.98. The topological polar surface area (TPSA) is 150 Å². The highest BCUT2D eigenvalue weighted by atomic mass is 32.2. The van der Waals surface area contributed by atoms with Crippen LogP contribution in [0.1, 0.15) is 0 Å². The number of nitrogens with zero attached hydrogens (tertiary/aromatic N) is 1. The van der Waals surface area contributed by atoms with Crippen molar-refractivity contribution in [2.45, 2.75) is 34.7 Å². The summed E-state index contributed by atoms with van der Waals surface area (Å²) in [4.78, 5) is 21.4. The van der Waals surface area contributed by atoms with Crippen molar-refractivity contribution in [3.05, 3.63) is 34.4 Å². The molecule has 9 nitrogen and oxygen atoms in total. The van der Waals surface area contributed by atoms with Crippen molar-refractivity contribution in [3.8, 4) is 0 Å². The highest BCUT2D eigenvalue weighted by Gasteiger charge is 2.47. The van der Waals surface area contributed by atoms with Crippen LogP contribution in [0.2, 0.25) is 0 Å². The lowest BCUT2D eigenvalue weighted by Gasteiger charge is -2.38. The van der Waals surface area contributed by atoms with Gasteiger partial charge >= 0.3 is 5.97 Å². The van der Waals surface area contributed by atoms with E-state index in [4.69, 9.17) is 9.84 Å². The number of aliphatic carboxylic acids is 1. The molecule has 0 bridgehead atoms. The van der Waals surface area contributed by atoms with E-state index in [0.29, 0.717) is 4.90 Å². The van der Waals surface area contributed by atoms with Crippen LogP contribution in [0.4, 0.5) is 5.69 Å². The zero-order valence-corrected chi connectivity index (χ0v) is 11.8. The average molecular weight is 331 g/mol.